The van der Waals surface area contributed by atoms with E-state index in [9.17, 15) is 0 Å². The van der Waals surface area contributed by atoms with Crippen LogP contribution in [0.15, 0.2) is 6.33 Å². The van der Waals surface area contributed by atoms with Gasteiger partial charge >= 0.3 is 0 Å². The molecule has 1 aromatic rings. The third-order valence-corrected chi connectivity index (χ3v) is 3.41. The summed E-state index contributed by atoms with van der Waals surface area (Å²) in [6.07, 6.45) is 5.99. The molecule has 0 bridgehead atoms. The molecule has 0 fully saturated rings. The summed E-state index contributed by atoms with van der Waals surface area (Å²) in [4.78, 5) is 8.61. The fraction of sp³-hybridized carbons (Fsp3) is 0.692. The van der Waals surface area contributed by atoms with Crippen LogP contribution in [-0.2, 0) is 0 Å². The van der Waals surface area contributed by atoms with Crippen LogP contribution < -0.4 is 10.6 Å². The molecule has 0 saturated heterocycles. The van der Waals surface area contributed by atoms with Gasteiger partial charge in [-0.25, -0.2) is 9.97 Å². The van der Waals surface area contributed by atoms with E-state index in [0.717, 1.165) is 36.6 Å². The molecule has 1 atom stereocenters. The third-order valence-electron chi connectivity index (χ3n) is 2.76. The van der Waals surface area contributed by atoms with Gasteiger partial charge in [0.05, 0.1) is 0 Å². The highest BCUT2D eigenvalue weighted by Crippen LogP contribution is 2.19. The summed E-state index contributed by atoms with van der Waals surface area (Å²) in [7, 11) is 0. The Balaban J connectivity index is 2.64. The van der Waals surface area contributed by atoms with E-state index >= 15 is 0 Å². The van der Waals surface area contributed by atoms with E-state index in [1.165, 1.54) is 5.75 Å². The van der Waals surface area contributed by atoms with Crippen molar-refractivity contribution in [1.82, 2.24) is 9.97 Å². The van der Waals surface area contributed by atoms with Gasteiger partial charge in [-0.3, -0.25) is 0 Å². The number of nitrogens with one attached hydrogen (secondary N) is 2. The normalized spacial score (nSPS) is 12.2. The molecule has 2 N–H and O–H groups in total. The summed E-state index contributed by atoms with van der Waals surface area (Å²) in [6, 6.07) is 0.435. The largest absolute Gasteiger partial charge is 0.370 e. The van der Waals surface area contributed by atoms with Crippen molar-refractivity contribution in [2.45, 2.75) is 39.7 Å². The number of hydrogen-bond acceptors (Lipinski definition) is 5. The summed E-state index contributed by atoms with van der Waals surface area (Å²) >= 11 is 1.87. The van der Waals surface area contributed by atoms with Gasteiger partial charge in [0.1, 0.15) is 18.0 Å². The molecule has 1 unspecified atom stereocenters. The predicted molar refractivity (Wildman–Crippen MR) is 81.6 cm³/mol. The molecule has 5 heteroatoms. The van der Waals surface area contributed by atoms with Crippen LogP contribution in [0, 0.1) is 6.92 Å². The Morgan fingerprint density at radius 1 is 1.33 bits per heavy atom. The molecular weight excluding hydrogens is 244 g/mol. The van der Waals surface area contributed by atoms with E-state index in [4.69, 9.17) is 0 Å². The first-order valence-electron chi connectivity index (χ1n) is 6.50. The van der Waals surface area contributed by atoms with Crippen molar-refractivity contribution in [3.05, 3.63) is 11.9 Å². The first kappa shape index (κ1) is 15.1. The SMILES string of the molecule is CCCNc1ncnc(NC(C)CCSC)c1C. The topological polar surface area (TPSA) is 49.8 Å². The average Bonchev–Trinajstić information content (AvgIpc) is 2.37. The number of hydrogen-bond donors (Lipinski definition) is 2. The molecule has 0 aliphatic heterocycles. The second kappa shape index (κ2) is 8.19. The lowest BCUT2D eigenvalue weighted by Gasteiger charge is -2.17. The molecule has 0 amide bonds. The number of nitrogens with zero attached hydrogens (tertiary/aromatic N) is 2. The molecule has 18 heavy (non-hydrogen) atoms. The summed E-state index contributed by atoms with van der Waals surface area (Å²) in [5, 5.41) is 6.78. The van der Waals surface area contributed by atoms with Gasteiger partial charge in [-0.1, -0.05) is 6.92 Å². The molecule has 1 aromatic heterocycles. The van der Waals surface area contributed by atoms with E-state index in [2.05, 4.69) is 47.6 Å². The van der Waals surface area contributed by atoms with E-state index in [1.807, 2.05) is 11.8 Å². The van der Waals surface area contributed by atoms with Crippen LogP contribution in [0.2, 0.25) is 0 Å². The number of aromatic nitrogens is 2. The summed E-state index contributed by atoms with van der Waals surface area (Å²) < 4.78 is 0. The van der Waals surface area contributed by atoms with Gasteiger partial charge in [0, 0.05) is 18.2 Å². The van der Waals surface area contributed by atoms with Gasteiger partial charge in [0.25, 0.3) is 0 Å². The number of thioether (sulfide) groups is 1. The highest BCUT2D eigenvalue weighted by molar-refractivity contribution is 7.98. The maximum absolute atomic E-state index is 4.33. The van der Waals surface area contributed by atoms with Crippen LogP contribution in [-0.4, -0.2) is 34.6 Å². The minimum absolute atomic E-state index is 0.435. The maximum Gasteiger partial charge on any atom is 0.134 e. The average molecular weight is 268 g/mol. The molecular formula is C13H24N4S. The molecule has 0 aromatic carbocycles. The van der Waals surface area contributed by atoms with Gasteiger partial charge in [-0.15, -0.1) is 0 Å². The summed E-state index contributed by atoms with van der Waals surface area (Å²) in [6.45, 7) is 7.34. The zero-order valence-corrected chi connectivity index (χ0v) is 12.6. The monoisotopic (exact) mass is 268 g/mol. The van der Waals surface area contributed by atoms with Gasteiger partial charge in [-0.2, -0.15) is 11.8 Å². The van der Waals surface area contributed by atoms with Crippen molar-refractivity contribution in [2.75, 3.05) is 29.2 Å². The number of rotatable bonds is 8. The Morgan fingerprint density at radius 2 is 2.06 bits per heavy atom. The highest BCUT2D eigenvalue weighted by Gasteiger charge is 2.09. The fourth-order valence-electron chi connectivity index (χ4n) is 1.62. The molecule has 0 aliphatic carbocycles. The Hall–Kier alpha value is -0.970. The van der Waals surface area contributed by atoms with Crippen LogP contribution >= 0.6 is 11.8 Å². The summed E-state index contributed by atoms with van der Waals surface area (Å²) in [5.41, 5.74) is 1.10. The standard InChI is InChI=1S/C13H24N4S/c1-5-7-14-12-11(3)13(16-9-15-12)17-10(2)6-8-18-4/h9-10H,5-8H2,1-4H3,(H2,14,15,16,17). The molecule has 0 radical (unpaired) electrons. The lowest BCUT2D eigenvalue weighted by molar-refractivity contribution is 0.764. The van der Waals surface area contributed by atoms with Crippen LogP contribution in [0.4, 0.5) is 11.6 Å². The maximum atomic E-state index is 4.33. The van der Waals surface area contributed by atoms with Crippen molar-refractivity contribution >= 4 is 23.4 Å². The molecule has 0 aliphatic rings. The van der Waals surface area contributed by atoms with Crippen LogP contribution in [0.3, 0.4) is 0 Å². The molecule has 0 spiro atoms. The fourth-order valence-corrected chi connectivity index (χ4v) is 2.21. The first-order valence-corrected chi connectivity index (χ1v) is 7.89. The smallest absolute Gasteiger partial charge is 0.134 e. The Labute approximate surface area is 114 Å². The van der Waals surface area contributed by atoms with Crippen molar-refractivity contribution < 1.29 is 0 Å². The van der Waals surface area contributed by atoms with Crippen molar-refractivity contribution in [3.8, 4) is 0 Å². The molecule has 1 heterocycles. The second-order valence-electron chi connectivity index (χ2n) is 4.45. The van der Waals surface area contributed by atoms with Gasteiger partial charge in [0.15, 0.2) is 0 Å². The van der Waals surface area contributed by atoms with E-state index in [0.29, 0.717) is 6.04 Å². The Bertz CT molecular complexity index is 357. The third kappa shape index (κ3) is 4.72. The zero-order chi connectivity index (χ0) is 13.4. The van der Waals surface area contributed by atoms with Crippen molar-refractivity contribution in [3.63, 3.8) is 0 Å². The molecule has 4 nitrogen and oxygen atoms in total. The van der Waals surface area contributed by atoms with Crippen molar-refractivity contribution in [2.24, 2.45) is 0 Å². The lowest BCUT2D eigenvalue weighted by atomic mass is 10.2. The molecule has 0 saturated carbocycles. The van der Waals surface area contributed by atoms with E-state index in [1.54, 1.807) is 6.33 Å². The van der Waals surface area contributed by atoms with Crippen LogP contribution in [0.1, 0.15) is 32.3 Å². The van der Waals surface area contributed by atoms with Crippen molar-refractivity contribution in [1.29, 1.82) is 0 Å². The Kier molecular flexibility index (Phi) is 6.86. The quantitative estimate of drug-likeness (QED) is 0.758. The van der Waals surface area contributed by atoms with Gasteiger partial charge < -0.3 is 10.6 Å². The highest BCUT2D eigenvalue weighted by atomic mass is 32.2. The molecule has 1 rings (SSSR count). The van der Waals surface area contributed by atoms with Crippen LogP contribution in [0.25, 0.3) is 0 Å². The van der Waals surface area contributed by atoms with Gasteiger partial charge in [-0.05, 0) is 38.7 Å². The second-order valence-corrected chi connectivity index (χ2v) is 5.44. The minimum Gasteiger partial charge on any atom is -0.370 e. The lowest BCUT2D eigenvalue weighted by Crippen LogP contribution is -2.18. The molecule has 102 valence electrons. The Morgan fingerprint density at radius 3 is 2.72 bits per heavy atom. The van der Waals surface area contributed by atoms with Gasteiger partial charge in [0.2, 0.25) is 0 Å². The zero-order valence-electron chi connectivity index (χ0n) is 11.8. The predicted octanol–water partition coefficient (Wildman–Crippen LogP) is 3.16. The summed E-state index contributed by atoms with van der Waals surface area (Å²) in [5.74, 6) is 3.04. The van der Waals surface area contributed by atoms with E-state index in [-0.39, 0.29) is 0 Å². The van der Waals surface area contributed by atoms with E-state index < -0.39 is 0 Å². The first-order chi connectivity index (χ1) is 8.69. The van der Waals surface area contributed by atoms with Crippen LogP contribution in [0.5, 0.6) is 0 Å². The number of anilines is 2. The minimum atomic E-state index is 0.435.